The van der Waals surface area contributed by atoms with Crippen molar-refractivity contribution in [1.29, 1.82) is 0 Å². The summed E-state index contributed by atoms with van der Waals surface area (Å²) >= 11 is 0. The van der Waals surface area contributed by atoms with Gasteiger partial charge in [-0.05, 0) is 37.1 Å². The lowest BCUT2D eigenvalue weighted by molar-refractivity contribution is 0.0932. The number of ether oxygens (including phenoxy) is 2. The maximum absolute atomic E-state index is 13.1. The van der Waals surface area contributed by atoms with E-state index in [-0.39, 0.29) is 12.0 Å². The zero-order valence-corrected chi connectivity index (χ0v) is 19.2. The van der Waals surface area contributed by atoms with Crippen molar-refractivity contribution in [3.8, 4) is 34.1 Å². The quantitative estimate of drug-likeness (QED) is 0.465. The lowest BCUT2D eigenvalue weighted by atomic mass is 10.0. The van der Waals surface area contributed by atoms with Crippen molar-refractivity contribution in [3.63, 3.8) is 0 Å². The average Bonchev–Trinajstić information content (AvgIpc) is 3.45. The maximum atomic E-state index is 13.1. The third kappa shape index (κ3) is 4.10. The van der Waals surface area contributed by atoms with E-state index in [1.54, 1.807) is 20.1 Å². The summed E-state index contributed by atoms with van der Waals surface area (Å²) in [5, 5.41) is 15.4. The van der Waals surface area contributed by atoms with E-state index < -0.39 is 0 Å². The molecule has 0 spiro atoms. The minimum absolute atomic E-state index is 0.203. The van der Waals surface area contributed by atoms with Gasteiger partial charge < -0.3 is 19.3 Å². The van der Waals surface area contributed by atoms with E-state index in [1.807, 2.05) is 49.4 Å². The zero-order chi connectivity index (χ0) is 23.7. The summed E-state index contributed by atoms with van der Waals surface area (Å²) in [7, 11) is 1.56. The van der Waals surface area contributed by atoms with Crippen molar-refractivity contribution >= 4 is 5.91 Å². The normalized spacial score (nSPS) is 14.4. The summed E-state index contributed by atoms with van der Waals surface area (Å²) in [5.41, 5.74) is 5.56. The average molecular weight is 457 g/mol. The van der Waals surface area contributed by atoms with E-state index in [9.17, 15) is 4.79 Å². The van der Waals surface area contributed by atoms with Crippen LogP contribution in [0.25, 0.3) is 22.5 Å². The monoisotopic (exact) mass is 456 g/mol. The highest BCUT2D eigenvalue weighted by Crippen LogP contribution is 2.39. The lowest BCUT2D eigenvalue weighted by Gasteiger charge is -2.14. The highest BCUT2D eigenvalue weighted by Gasteiger charge is 2.29. The number of aryl methyl sites for hydroxylation is 2. The topological polar surface area (TPSA) is 99.4 Å². The van der Waals surface area contributed by atoms with Gasteiger partial charge in [0.1, 0.15) is 28.9 Å². The summed E-state index contributed by atoms with van der Waals surface area (Å²) in [5.74, 6) is 1.46. The molecule has 3 heterocycles. The van der Waals surface area contributed by atoms with Crippen LogP contribution in [0.5, 0.6) is 11.6 Å². The fourth-order valence-electron chi connectivity index (χ4n) is 4.20. The van der Waals surface area contributed by atoms with E-state index >= 15 is 0 Å². The number of nitrogens with zero attached hydrogens (tertiary/aromatic N) is 3. The molecule has 1 aliphatic rings. The molecule has 0 fully saturated rings. The van der Waals surface area contributed by atoms with Crippen LogP contribution in [-0.4, -0.2) is 41.0 Å². The number of carbonyl (C=O) groups excluding carboxylic acids is 1. The molecule has 2 aromatic carbocycles. The summed E-state index contributed by atoms with van der Waals surface area (Å²) in [6, 6.07) is 17.3. The largest absolute Gasteiger partial charge is 0.487 e. The van der Waals surface area contributed by atoms with Crippen molar-refractivity contribution in [2.75, 3.05) is 13.7 Å². The molecule has 8 nitrogen and oxygen atoms in total. The highest BCUT2D eigenvalue weighted by molar-refractivity contribution is 6.00. The van der Waals surface area contributed by atoms with Crippen molar-refractivity contribution in [1.82, 2.24) is 20.7 Å². The Kier molecular flexibility index (Phi) is 5.71. The number of methoxy groups -OCH3 is 1. The molecule has 8 heteroatoms. The Morgan fingerprint density at radius 1 is 1.12 bits per heavy atom. The van der Waals surface area contributed by atoms with Gasteiger partial charge in [0.2, 0.25) is 5.88 Å². The van der Waals surface area contributed by atoms with E-state index in [0.29, 0.717) is 41.6 Å². The molecule has 0 aliphatic carbocycles. The summed E-state index contributed by atoms with van der Waals surface area (Å²) in [4.78, 5) is 13.1. The number of carbonyl (C=O) groups is 1. The van der Waals surface area contributed by atoms with Gasteiger partial charge in [0.05, 0.1) is 19.3 Å². The predicted molar refractivity (Wildman–Crippen MR) is 126 cm³/mol. The molecular weight excluding hydrogens is 432 g/mol. The van der Waals surface area contributed by atoms with Gasteiger partial charge in [0.25, 0.3) is 5.91 Å². The molecule has 0 saturated carbocycles. The molecule has 5 rings (SSSR count). The number of nitrogens with one attached hydrogen (secondary N) is 1. The minimum atomic E-state index is -0.241. The first-order valence-electron chi connectivity index (χ1n) is 11.0. The van der Waals surface area contributed by atoms with Crippen molar-refractivity contribution in [3.05, 3.63) is 77.0 Å². The zero-order valence-electron chi connectivity index (χ0n) is 19.2. The summed E-state index contributed by atoms with van der Waals surface area (Å²) in [6.45, 7) is 4.12. The third-order valence-electron chi connectivity index (χ3n) is 5.79. The van der Waals surface area contributed by atoms with Crippen LogP contribution in [0.4, 0.5) is 0 Å². The molecule has 1 aliphatic heterocycles. The van der Waals surface area contributed by atoms with Crippen LogP contribution in [0.15, 0.2) is 59.1 Å². The third-order valence-corrected chi connectivity index (χ3v) is 5.79. The number of hydrogen-bond donors (Lipinski definition) is 1. The Balaban J connectivity index is 1.32. The Bertz CT molecular complexity index is 1330. The van der Waals surface area contributed by atoms with Gasteiger partial charge >= 0.3 is 0 Å². The minimum Gasteiger partial charge on any atom is -0.487 e. The Morgan fingerprint density at radius 3 is 2.68 bits per heavy atom. The number of aromatic nitrogens is 3. The molecule has 1 amide bonds. The first-order chi connectivity index (χ1) is 16.5. The molecule has 1 atom stereocenters. The van der Waals surface area contributed by atoms with E-state index in [4.69, 9.17) is 14.0 Å². The lowest BCUT2D eigenvalue weighted by Crippen LogP contribution is -2.34. The molecule has 0 radical (unpaired) electrons. The highest BCUT2D eigenvalue weighted by atomic mass is 16.5. The number of rotatable bonds is 6. The molecule has 172 valence electrons. The van der Waals surface area contributed by atoms with Gasteiger partial charge in [-0.25, -0.2) is 0 Å². The number of hydrogen-bond acceptors (Lipinski definition) is 7. The molecule has 1 unspecified atom stereocenters. The van der Waals surface area contributed by atoms with E-state index in [2.05, 4.69) is 26.7 Å². The summed E-state index contributed by atoms with van der Waals surface area (Å²) in [6.07, 6.45) is 0.480. The number of fused-ring (bicyclic) bond motifs is 1. The molecule has 1 N–H and O–H groups in total. The van der Waals surface area contributed by atoms with Gasteiger partial charge in [0.15, 0.2) is 0 Å². The van der Waals surface area contributed by atoms with Crippen LogP contribution in [0.1, 0.15) is 27.2 Å². The second-order valence-electron chi connectivity index (χ2n) is 8.24. The van der Waals surface area contributed by atoms with E-state index in [0.717, 1.165) is 28.0 Å². The Hall–Kier alpha value is -4.20. The first-order valence-corrected chi connectivity index (χ1v) is 11.0. The predicted octanol–water partition coefficient (Wildman–Crippen LogP) is 4.16. The van der Waals surface area contributed by atoms with Crippen LogP contribution >= 0.6 is 0 Å². The molecule has 0 bridgehead atoms. The molecule has 4 aromatic rings. The van der Waals surface area contributed by atoms with Crippen LogP contribution in [0.2, 0.25) is 0 Å². The fraction of sp³-hybridized carbons (Fsp3) is 0.231. The Morgan fingerprint density at radius 2 is 1.94 bits per heavy atom. The van der Waals surface area contributed by atoms with Gasteiger partial charge in [0, 0.05) is 23.6 Å². The second-order valence-corrected chi connectivity index (χ2v) is 8.24. The fourth-order valence-corrected chi connectivity index (χ4v) is 4.20. The maximum Gasteiger partial charge on any atom is 0.257 e. The van der Waals surface area contributed by atoms with Crippen LogP contribution in [0, 0.1) is 13.8 Å². The van der Waals surface area contributed by atoms with Crippen LogP contribution < -0.4 is 14.8 Å². The molecule has 0 saturated heterocycles. The molecule has 34 heavy (non-hydrogen) atoms. The van der Waals surface area contributed by atoms with Crippen molar-refractivity contribution < 1.29 is 18.8 Å². The van der Waals surface area contributed by atoms with Crippen LogP contribution in [0.3, 0.4) is 0 Å². The Labute approximate surface area is 196 Å². The SMILES string of the molecule is COc1ccc(-c2cc(C)cc3c2OC(CNC(=O)c2c(-c4ccccc4)noc2C)C3)nn1. The van der Waals surface area contributed by atoms with Crippen molar-refractivity contribution in [2.45, 2.75) is 26.4 Å². The second kappa shape index (κ2) is 8.97. The number of benzene rings is 2. The standard InChI is InChI=1S/C26H24N4O4/c1-15-11-18-13-19(33-25(18)20(12-15)21-9-10-22(32-3)29-28-21)14-27-26(31)23-16(2)34-30-24(23)17-7-5-4-6-8-17/h4-12,19H,13-14H2,1-3H3,(H,27,31). The van der Waals surface area contributed by atoms with Crippen molar-refractivity contribution in [2.24, 2.45) is 0 Å². The molecular formula is C26H24N4O4. The van der Waals surface area contributed by atoms with Crippen LogP contribution in [-0.2, 0) is 6.42 Å². The first kappa shape index (κ1) is 21.6. The number of amides is 1. The van der Waals surface area contributed by atoms with Gasteiger partial charge in [-0.1, -0.05) is 41.6 Å². The smallest absolute Gasteiger partial charge is 0.257 e. The van der Waals surface area contributed by atoms with E-state index in [1.165, 1.54) is 0 Å². The van der Waals surface area contributed by atoms with Gasteiger partial charge in [-0.15, -0.1) is 10.2 Å². The van der Waals surface area contributed by atoms with Gasteiger partial charge in [-0.3, -0.25) is 4.79 Å². The molecule has 2 aromatic heterocycles. The van der Waals surface area contributed by atoms with Gasteiger partial charge in [-0.2, -0.15) is 0 Å². The summed E-state index contributed by atoms with van der Waals surface area (Å²) < 4.78 is 16.7.